The summed E-state index contributed by atoms with van der Waals surface area (Å²) >= 11 is 1.33. The van der Waals surface area contributed by atoms with Crippen molar-refractivity contribution in [2.45, 2.75) is 0 Å². The van der Waals surface area contributed by atoms with E-state index in [1.807, 2.05) is 0 Å². The molecule has 0 spiro atoms. The second-order valence-electron chi connectivity index (χ2n) is 1.06. The van der Waals surface area contributed by atoms with Crippen molar-refractivity contribution < 1.29 is 0 Å². The van der Waals surface area contributed by atoms with Crippen molar-refractivity contribution in [2.24, 2.45) is 5.73 Å². The fourth-order valence-electron chi connectivity index (χ4n) is 0.161. The van der Waals surface area contributed by atoms with Crippen molar-refractivity contribution in [3.63, 3.8) is 0 Å². The molecule has 0 aromatic rings. The molecule has 44 valence electrons. The predicted molar refractivity (Wildman–Crippen MR) is 38.8 cm³/mol. The first-order valence-corrected chi connectivity index (χ1v) is 2.92. The molecule has 0 unspecified atom stereocenters. The molecule has 0 bridgehead atoms. The fourth-order valence-corrected chi connectivity index (χ4v) is 0.482. The van der Waals surface area contributed by atoms with Crippen molar-refractivity contribution in [1.29, 1.82) is 5.41 Å². The molecule has 0 amide bonds. The van der Waals surface area contributed by atoms with Gasteiger partial charge in [0.1, 0.15) is 0 Å². The van der Waals surface area contributed by atoms with Gasteiger partial charge in [-0.25, -0.2) is 0 Å². The monoisotopic (exact) mass is 128 g/mol. The molecule has 8 heavy (non-hydrogen) atoms. The highest BCUT2D eigenvalue weighted by molar-refractivity contribution is 8.06. The smallest absolute Gasteiger partial charge is 0.0311 e. The molecule has 0 aliphatic carbocycles. The maximum atomic E-state index is 6.67. The average Bonchev–Trinajstić information content (AvgIpc) is 1.83. The van der Waals surface area contributed by atoms with Gasteiger partial charge in [-0.3, -0.25) is 0 Å². The van der Waals surface area contributed by atoms with E-state index in [-0.39, 0.29) is 0 Å². The van der Waals surface area contributed by atoms with Gasteiger partial charge in [0.25, 0.3) is 0 Å². The Hall–Kier alpha value is -0.700. The summed E-state index contributed by atoms with van der Waals surface area (Å²) in [5.41, 5.74) is 5.01. The molecule has 3 heteroatoms. The van der Waals surface area contributed by atoms with Crippen LogP contribution in [0.3, 0.4) is 0 Å². The minimum absolute atomic E-state index is 0.687. The molecule has 3 N–H and O–H groups in total. The quantitative estimate of drug-likeness (QED) is 0.563. The van der Waals surface area contributed by atoms with Gasteiger partial charge in [-0.05, 0) is 5.41 Å². The molecular formula is C5H8N2S. The number of thioether (sulfide) groups is 1. The topological polar surface area (TPSA) is 49.9 Å². The molecule has 0 aromatic carbocycles. The number of hydrogen-bond donors (Lipinski definition) is 2. The van der Waals surface area contributed by atoms with E-state index in [1.165, 1.54) is 24.2 Å². The summed E-state index contributed by atoms with van der Waals surface area (Å²) in [7, 11) is 0. The first-order chi connectivity index (χ1) is 3.81. The second kappa shape index (κ2) is 4.46. The molecule has 0 heterocycles. The van der Waals surface area contributed by atoms with Gasteiger partial charge < -0.3 is 11.1 Å². The van der Waals surface area contributed by atoms with Crippen molar-refractivity contribution in [3.05, 3.63) is 23.1 Å². The lowest BCUT2D eigenvalue weighted by molar-refractivity contribution is 1.58. The SMILES string of the molecule is C=C(C=N)S/C=C\N. The first kappa shape index (κ1) is 7.30. The second-order valence-corrected chi connectivity index (χ2v) is 2.09. The molecule has 0 aromatic heterocycles. The van der Waals surface area contributed by atoms with Crippen molar-refractivity contribution >= 4 is 18.0 Å². The highest BCUT2D eigenvalue weighted by atomic mass is 32.2. The molecule has 0 rings (SSSR count). The zero-order valence-electron chi connectivity index (χ0n) is 4.42. The molecular weight excluding hydrogens is 120 g/mol. The number of hydrogen-bond acceptors (Lipinski definition) is 3. The van der Waals surface area contributed by atoms with Crippen LogP contribution in [0, 0.1) is 5.41 Å². The van der Waals surface area contributed by atoms with Gasteiger partial charge >= 0.3 is 0 Å². The third-order valence-corrected chi connectivity index (χ3v) is 1.17. The summed E-state index contributed by atoms with van der Waals surface area (Å²) in [6.07, 6.45) is 2.60. The molecule has 0 aliphatic heterocycles. The molecule has 0 saturated carbocycles. The van der Waals surface area contributed by atoms with Gasteiger partial charge in [-0.15, -0.1) is 0 Å². The van der Waals surface area contributed by atoms with Crippen molar-refractivity contribution in [3.8, 4) is 0 Å². The molecule has 0 saturated heterocycles. The van der Waals surface area contributed by atoms with E-state index < -0.39 is 0 Å². The molecule has 0 fully saturated rings. The Kier molecular flexibility index (Phi) is 4.07. The van der Waals surface area contributed by atoms with E-state index in [1.54, 1.807) is 5.41 Å². The van der Waals surface area contributed by atoms with E-state index in [0.29, 0.717) is 4.91 Å². The van der Waals surface area contributed by atoms with Crippen molar-refractivity contribution in [2.75, 3.05) is 0 Å². The van der Waals surface area contributed by atoms with E-state index >= 15 is 0 Å². The first-order valence-electron chi connectivity index (χ1n) is 2.04. The largest absolute Gasteiger partial charge is 0.404 e. The number of allylic oxidation sites excluding steroid dienone is 1. The highest BCUT2D eigenvalue weighted by Gasteiger charge is 1.79. The summed E-state index contributed by atoms with van der Waals surface area (Å²) in [5.74, 6) is 0. The van der Waals surface area contributed by atoms with Gasteiger partial charge in [-0.1, -0.05) is 18.3 Å². The van der Waals surface area contributed by atoms with Crippen LogP contribution in [0.5, 0.6) is 0 Å². The van der Waals surface area contributed by atoms with Gasteiger partial charge in [0.2, 0.25) is 0 Å². The van der Waals surface area contributed by atoms with Gasteiger partial charge in [0, 0.05) is 17.3 Å². The maximum absolute atomic E-state index is 6.67. The average molecular weight is 128 g/mol. The van der Waals surface area contributed by atoms with Crippen LogP contribution in [0.4, 0.5) is 0 Å². The van der Waals surface area contributed by atoms with E-state index in [4.69, 9.17) is 11.1 Å². The van der Waals surface area contributed by atoms with Crippen LogP contribution in [-0.2, 0) is 0 Å². The minimum atomic E-state index is 0.687. The van der Waals surface area contributed by atoms with Gasteiger partial charge in [0.15, 0.2) is 0 Å². The summed E-state index contributed by atoms with van der Waals surface area (Å²) in [5, 5.41) is 8.34. The van der Waals surface area contributed by atoms with Crippen LogP contribution >= 0.6 is 11.8 Å². The molecule has 0 atom stereocenters. The Morgan fingerprint density at radius 3 is 2.75 bits per heavy atom. The zero-order chi connectivity index (χ0) is 6.41. The lowest BCUT2D eigenvalue weighted by atomic mass is 10.7. The van der Waals surface area contributed by atoms with Crippen LogP contribution in [0.25, 0.3) is 0 Å². The van der Waals surface area contributed by atoms with E-state index in [9.17, 15) is 0 Å². The summed E-state index contributed by atoms with van der Waals surface area (Å²) in [6.45, 7) is 3.52. The standard InChI is InChI=1S/C5H8N2S/c1-5(4-7)8-3-2-6/h2-4,7H,1,6H2/b3-2-,7-4?. The Morgan fingerprint density at radius 1 is 1.75 bits per heavy atom. The predicted octanol–water partition coefficient (Wildman–Crippen LogP) is 1.31. The lowest BCUT2D eigenvalue weighted by Crippen LogP contribution is -1.74. The summed E-state index contributed by atoms with van der Waals surface area (Å²) in [4.78, 5) is 0.687. The van der Waals surface area contributed by atoms with E-state index in [2.05, 4.69) is 6.58 Å². The highest BCUT2D eigenvalue weighted by Crippen LogP contribution is 2.09. The third-order valence-electron chi connectivity index (χ3n) is 0.459. The van der Waals surface area contributed by atoms with Crippen LogP contribution in [-0.4, -0.2) is 6.21 Å². The number of rotatable bonds is 3. The van der Waals surface area contributed by atoms with Crippen LogP contribution in [0.1, 0.15) is 0 Å². The van der Waals surface area contributed by atoms with E-state index in [0.717, 1.165) is 0 Å². The van der Waals surface area contributed by atoms with Crippen LogP contribution in [0.15, 0.2) is 23.1 Å². The summed E-state index contributed by atoms with van der Waals surface area (Å²) < 4.78 is 0. The number of nitrogens with two attached hydrogens (primary N) is 1. The van der Waals surface area contributed by atoms with Gasteiger partial charge in [0.05, 0.1) is 0 Å². The Balaban J connectivity index is 3.39. The van der Waals surface area contributed by atoms with Crippen LogP contribution in [0.2, 0.25) is 0 Å². The molecule has 2 nitrogen and oxygen atoms in total. The number of nitrogens with one attached hydrogen (secondary N) is 1. The Morgan fingerprint density at radius 2 is 2.38 bits per heavy atom. The van der Waals surface area contributed by atoms with Gasteiger partial charge in [-0.2, -0.15) is 0 Å². The summed E-state index contributed by atoms with van der Waals surface area (Å²) in [6, 6.07) is 0. The lowest BCUT2D eigenvalue weighted by Gasteiger charge is -1.85. The molecule has 0 aliphatic rings. The Bertz CT molecular complexity index is 118. The fraction of sp³-hybridized carbons (Fsp3) is 0. The van der Waals surface area contributed by atoms with Crippen molar-refractivity contribution in [1.82, 2.24) is 0 Å². The normalized spacial score (nSPS) is 9.50. The Labute approximate surface area is 53.0 Å². The third kappa shape index (κ3) is 3.49. The minimum Gasteiger partial charge on any atom is -0.404 e. The molecule has 0 radical (unpaired) electrons. The zero-order valence-corrected chi connectivity index (χ0v) is 5.24. The maximum Gasteiger partial charge on any atom is 0.0311 e. The van der Waals surface area contributed by atoms with Crippen LogP contribution < -0.4 is 5.73 Å².